The number of amides is 6. The average molecular weight is 727 g/mol. The number of ether oxygens (including phenoxy) is 1. The monoisotopic (exact) mass is 726 g/mol. The van der Waals surface area contributed by atoms with Crippen molar-refractivity contribution in [1.82, 2.24) is 31.1 Å². The van der Waals surface area contributed by atoms with Gasteiger partial charge in [-0.05, 0) is 47.5 Å². The van der Waals surface area contributed by atoms with E-state index in [9.17, 15) is 33.6 Å². The molecular weight excluding hydrogens is 668 g/mol. The Balaban J connectivity index is 1.73. The van der Waals surface area contributed by atoms with E-state index in [2.05, 4.69) is 21.3 Å². The van der Waals surface area contributed by atoms with E-state index in [-0.39, 0.29) is 41.6 Å². The molecular formula is C38H58N6O8. The van der Waals surface area contributed by atoms with E-state index >= 15 is 0 Å². The number of carbonyl (C=O) groups excluding carboxylic acids is 7. The smallest absolute Gasteiger partial charge is 0.408 e. The Labute approximate surface area is 307 Å². The summed E-state index contributed by atoms with van der Waals surface area (Å²) in [5, 5.41) is 10.4. The minimum Gasteiger partial charge on any atom is -0.446 e. The highest BCUT2D eigenvalue weighted by molar-refractivity contribution is 6.38. The minimum atomic E-state index is -1.21. The molecule has 0 bridgehead atoms. The van der Waals surface area contributed by atoms with E-state index in [4.69, 9.17) is 4.74 Å². The molecule has 1 aromatic rings. The Hall–Kier alpha value is -4.49. The van der Waals surface area contributed by atoms with Crippen molar-refractivity contribution in [2.24, 2.45) is 28.6 Å². The fraction of sp³-hybridized carbons (Fsp3) is 0.658. The lowest BCUT2D eigenvalue weighted by atomic mass is 9.85. The summed E-state index contributed by atoms with van der Waals surface area (Å²) in [6.07, 6.45) is -0.518. The molecule has 1 aliphatic heterocycles. The van der Waals surface area contributed by atoms with Gasteiger partial charge in [-0.1, -0.05) is 92.1 Å². The minimum absolute atomic E-state index is 0.0296. The zero-order valence-electron chi connectivity index (χ0n) is 32.5. The van der Waals surface area contributed by atoms with Crippen molar-refractivity contribution in [1.29, 1.82) is 0 Å². The molecule has 14 nitrogen and oxygen atoms in total. The standard InChI is InChI=1S/C38H58N6O8/c1-12-16-25(30(46)33(48)39-19-26(45)41-28(34(49)43(10)11)23-17-14-13-15-18-23)40-32(47)29-27-24(38(27,8)9)20-44(29)35(50)31(37(5,6)7)42-36(51)52-22(4)21(2)3/h13-15,17-18,21-22,24-25,27-29,31H,12,16,19-20H2,1-11H3,(H,39,48)(H,40,47)(H,41,45)(H,42,51)/t22?,24?,25?,27?,28-,29-,31+/m0/s1. The number of ketones is 1. The van der Waals surface area contributed by atoms with Crippen LogP contribution in [-0.4, -0.2) is 103 Å². The molecule has 52 heavy (non-hydrogen) atoms. The molecule has 0 spiro atoms. The predicted molar refractivity (Wildman–Crippen MR) is 194 cm³/mol. The molecule has 2 fully saturated rings. The maximum atomic E-state index is 14.2. The molecule has 1 saturated heterocycles. The van der Waals surface area contributed by atoms with Crippen molar-refractivity contribution in [2.75, 3.05) is 27.2 Å². The molecule has 6 amide bonds. The molecule has 2 aliphatic rings. The Kier molecular flexibility index (Phi) is 13.6. The Morgan fingerprint density at radius 2 is 1.58 bits per heavy atom. The predicted octanol–water partition coefficient (Wildman–Crippen LogP) is 2.57. The van der Waals surface area contributed by atoms with Gasteiger partial charge in [0.2, 0.25) is 29.4 Å². The number of hydrogen-bond donors (Lipinski definition) is 4. The maximum Gasteiger partial charge on any atom is 0.408 e. The molecule has 288 valence electrons. The van der Waals surface area contributed by atoms with Crippen molar-refractivity contribution < 1.29 is 38.3 Å². The Morgan fingerprint density at radius 1 is 0.962 bits per heavy atom. The number of likely N-dealkylation sites (tertiary alicyclic amines) is 1. The molecule has 7 atom stereocenters. The summed E-state index contributed by atoms with van der Waals surface area (Å²) in [4.78, 5) is 96.0. The first kappa shape index (κ1) is 41.9. The van der Waals surface area contributed by atoms with Gasteiger partial charge in [-0.3, -0.25) is 28.8 Å². The SMILES string of the molecule is CCCC(NC(=O)[C@@H]1C2C(CN1C(=O)[C@@H](NC(=O)OC(C)C(C)C)C(C)(C)C)C2(C)C)C(=O)C(=O)NCC(=O)N[C@H](C(=O)N(C)C)c1ccccc1. The second-order valence-electron chi connectivity index (χ2n) is 16.2. The van der Waals surface area contributed by atoms with Crippen LogP contribution in [0.25, 0.3) is 0 Å². The van der Waals surface area contributed by atoms with Gasteiger partial charge in [0.25, 0.3) is 5.91 Å². The van der Waals surface area contributed by atoms with Gasteiger partial charge in [0.1, 0.15) is 24.2 Å². The highest BCUT2D eigenvalue weighted by atomic mass is 16.6. The Bertz CT molecular complexity index is 1500. The number of Topliss-reactive ketones (excluding diaryl/α,β-unsaturated/α-hetero) is 1. The van der Waals surface area contributed by atoms with Gasteiger partial charge in [-0.15, -0.1) is 0 Å². The lowest BCUT2D eigenvalue weighted by molar-refractivity contribution is -0.145. The van der Waals surface area contributed by atoms with Gasteiger partial charge in [0, 0.05) is 20.6 Å². The number of nitrogens with zero attached hydrogens (tertiary/aromatic N) is 2. The van der Waals surface area contributed by atoms with Crippen LogP contribution in [0.15, 0.2) is 30.3 Å². The van der Waals surface area contributed by atoms with Crippen molar-refractivity contribution in [3.05, 3.63) is 35.9 Å². The van der Waals surface area contributed by atoms with E-state index in [1.54, 1.807) is 58.3 Å². The highest BCUT2D eigenvalue weighted by Crippen LogP contribution is 2.65. The summed E-state index contributed by atoms with van der Waals surface area (Å²) >= 11 is 0. The lowest BCUT2D eigenvalue weighted by Gasteiger charge is -2.38. The van der Waals surface area contributed by atoms with Crippen molar-refractivity contribution in [3.8, 4) is 0 Å². The molecule has 3 rings (SSSR count). The van der Waals surface area contributed by atoms with Crippen LogP contribution in [0, 0.1) is 28.6 Å². The van der Waals surface area contributed by atoms with Gasteiger partial charge in [-0.25, -0.2) is 4.79 Å². The number of alkyl carbamates (subject to hydrolysis) is 1. The normalized spacial score (nSPS) is 21.1. The quantitative estimate of drug-likeness (QED) is 0.199. The molecule has 4 N–H and O–H groups in total. The number of nitrogens with one attached hydrogen (secondary N) is 4. The topological polar surface area (TPSA) is 183 Å². The zero-order valence-corrected chi connectivity index (χ0v) is 32.5. The van der Waals surface area contributed by atoms with E-state index in [1.807, 2.05) is 48.5 Å². The van der Waals surface area contributed by atoms with Gasteiger partial charge >= 0.3 is 6.09 Å². The molecule has 0 radical (unpaired) electrons. The van der Waals surface area contributed by atoms with Crippen LogP contribution in [0.1, 0.15) is 86.8 Å². The number of rotatable bonds is 15. The summed E-state index contributed by atoms with van der Waals surface area (Å²) in [5.74, 6) is -4.17. The van der Waals surface area contributed by atoms with Crippen LogP contribution in [0.2, 0.25) is 0 Å². The third-order valence-electron chi connectivity index (χ3n) is 10.3. The number of carbonyl (C=O) groups is 7. The first-order valence-electron chi connectivity index (χ1n) is 18.1. The second-order valence-corrected chi connectivity index (χ2v) is 16.2. The van der Waals surface area contributed by atoms with Gasteiger partial charge in [0.05, 0.1) is 12.6 Å². The van der Waals surface area contributed by atoms with Crippen LogP contribution in [0.3, 0.4) is 0 Å². The molecule has 1 aliphatic carbocycles. The third-order valence-corrected chi connectivity index (χ3v) is 10.3. The molecule has 4 unspecified atom stereocenters. The van der Waals surface area contributed by atoms with Gasteiger partial charge in [-0.2, -0.15) is 0 Å². The summed E-state index contributed by atoms with van der Waals surface area (Å²) < 4.78 is 5.49. The van der Waals surface area contributed by atoms with Crippen LogP contribution in [0.5, 0.6) is 0 Å². The van der Waals surface area contributed by atoms with Crippen molar-refractivity contribution in [3.63, 3.8) is 0 Å². The summed E-state index contributed by atoms with van der Waals surface area (Å²) in [6.45, 7) is 16.6. The molecule has 1 aromatic carbocycles. The summed E-state index contributed by atoms with van der Waals surface area (Å²) in [7, 11) is 3.12. The molecule has 1 heterocycles. The first-order valence-corrected chi connectivity index (χ1v) is 18.1. The lowest BCUT2D eigenvalue weighted by Crippen LogP contribution is -2.60. The fourth-order valence-electron chi connectivity index (χ4n) is 6.71. The molecule has 1 saturated carbocycles. The van der Waals surface area contributed by atoms with E-state index in [0.717, 1.165) is 0 Å². The van der Waals surface area contributed by atoms with Crippen molar-refractivity contribution in [2.45, 2.75) is 105 Å². The number of likely N-dealkylation sites (N-methyl/N-ethyl adjacent to an activating group) is 1. The zero-order chi connectivity index (χ0) is 39.3. The molecule has 0 aromatic heterocycles. The van der Waals surface area contributed by atoms with E-state index in [1.165, 1.54) is 9.80 Å². The van der Waals surface area contributed by atoms with E-state index in [0.29, 0.717) is 18.5 Å². The van der Waals surface area contributed by atoms with Crippen LogP contribution in [-0.2, 0) is 33.5 Å². The maximum absolute atomic E-state index is 14.2. The summed E-state index contributed by atoms with van der Waals surface area (Å²) in [6, 6.07) is 4.47. The van der Waals surface area contributed by atoms with Crippen molar-refractivity contribution >= 4 is 41.4 Å². The number of piperidine rings is 1. The summed E-state index contributed by atoms with van der Waals surface area (Å²) in [5.41, 5.74) is -0.421. The fourth-order valence-corrected chi connectivity index (χ4v) is 6.71. The van der Waals surface area contributed by atoms with Gasteiger partial charge < -0.3 is 35.8 Å². The highest BCUT2D eigenvalue weighted by Gasteiger charge is 2.70. The van der Waals surface area contributed by atoms with Crippen LogP contribution < -0.4 is 21.3 Å². The second kappa shape index (κ2) is 16.9. The van der Waals surface area contributed by atoms with E-state index < -0.39 is 71.6 Å². The van der Waals surface area contributed by atoms with Crippen LogP contribution >= 0.6 is 0 Å². The number of hydrogen-bond acceptors (Lipinski definition) is 8. The van der Waals surface area contributed by atoms with Gasteiger partial charge in [0.15, 0.2) is 0 Å². The first-order chi connectivity index (χ1) is 24.1. The largest absolute Gasteiger partial charge is 0.446 e. The number of fused-ring (bicyclic) bond motifs is 1. The average Bonchev–Trinajstić information content (AvgIpc) is 3.37. The number of benzene rings is 1. The third kappa shape index (κ3) is 9.88. The Morgan fingerprint density at radius 3 is 2.12 bits per heavy atom. The molecule has 14 heteroatoms. The van der Waals surface area contributed by atoms with Crippen LogP contribution in [0.4, 0.5) is 4.79 Å².